The third-order valence-electron chi connectivity index (χ3n) is 3.16. The Hall–Kier alpha value is -1.75. The Morgan fingerprint density at radius 1 is 1.42 bits per heavy atom. The van der Waals surface area contributed by atoms with Crippen LogP contribution in [0.4, 0.5) is 11.4 Å². The maximum absolute atomic E-state index is 11.8. The number of likely N-dealkylation sites (N-methyl/N-ethyl adjacent to an activating group) is 1. The predicted molar refractivity (Wildman–Crippen MR) is 77.0 cm³/mol. The van der Waals surface area contributed by atoms with Gasteiger partial charge in [-0.2, -0.15) is 0 Å². The quantitative estimate of drug-likeness (QED) is 0.892. The van der Waals surface area contributed by atoms with Crippen LogP contribution < -0.4 is 15.0 Å². The van der Waals surface area contributed by atoms with Gasteiger partial charge < -0.3 is 19.9 Å². The Morgan fingerprint density at radius 2 is 2.21 bits per heavy atom. The summed E-state index contributed by atoms with van der Waals surface area (Å²) >= 11 is 0. The molecule has 1 aromatic rings. The zero-order valence-corrected chi connectivity index (χ0v) is 11.8. The molecule has 104 valence electrons. The number of anilines is 2. The number of amides is 1. The molecule has 2 rings (SSSR count). The number of rotatable bonds is 4. The van der Waals surface area contributed by atoms with Crippen LogP contribution in [-0.2, 0) is 4.79 Å². The fraction of sp³-hybridized carbons (Fsp3) is 0.500. The normalized spacial score (nSPS) is 14.9. The molecule has 0 radical (unpaired) electrons. The highest BCUT2D eigenvalue weighted by Gasteiger charge is 2.19. The Labute approximate surface area is 114 Å². The third-order valence-corrected chi connectivity index (χ3v) is 3.16. The molecule has 0 atom stereocenters. The van der Waals surface area contributed by atoms with Gasteiger partial charge in [-0.25, -0.2) is 0 Å². The molecule has 0 aliphatic carbocycles. The first-order valence-corrected chi connectivity index (χ1v) is 6.50. The standard InChI is InChI=1S/C14H21N3O2/c1-16(2)8-7-15-11-4-5-13-12(10-11)17(3)14(18)6-9-19-13/h4-5,10,15H,6-9H2,1-3H3. The molecular formula is C14H21N3O2. The lowest BCUT2D eigenvalue weighted by Crippen LogP contribution is -2.25. The lowest BCUT2D eigenvalue weighted by atomic mass is 10.2. The molecule has 0 unspecified atom stereocenters. The first-order valence-electron chi connectivity index (χ1n) is 6.50. The topological polar surface area (TPSA) is 44.8 Å². The number of carbonyl (C=O) groups is 1. The monoisotopic (exact) mass is 263 g/mol. The first-order chi connectivity index (χ1) is 9.08. The van der Waals surface area contributed by atoms with Crippen molar-refractivity contribution < 1.29 is 9.53 Å². The van der Waals surface area contributed by atoms with E-state index in [0.29, 0.717) is 13.0 Å². The third kappa shape index (κ3) is 3.38. The summed E-state index contributed by atoms with van der Waals surface area (Å²) in [5.41, 5.74) is 1.84. The van der Waals surface area contributed by atoms with Gasteiger partial charge in [-0.1, -0.05) is 0 Å². The van der Waals surface area contributed by atoms with E-state index in [1.165, 1.54) is 0 Å². The number of carbonyl (C=O) groups excluding carboxylic acids is 1. The molecule has 1 aromatic carbocycles. The minimum atomic E-state index is 0.0872. The summed E-state index contributed by atoms with van der Waals surface area (Å²) in [5.74, 6) is 0.857. The van der Waals surface area contributed by atoms with Gasteiger partial charge in [0.2, 0.25) is 5.91 Å². The second-order valence-corrected chi connectivity index (χ2v) is 4.96. The SMILES string of the molecule is CN(C)CCNc1ccc2c(c1)N(C)C(=O)CCO2. The van der Waals surface area contributed by atoms with Crippen molar-refractivity contribution in [3.8, 4) is 5.75 Å². The molecule has 1 N–H and O–H groups in total. The van der Waals surface area contributed by atoms with Crippen LogP contribution in [0, 0.1) is 0 Å². The molecule has 0 bridgehead atoms. The average Bonchev–Trinajstić information content (AvgIpc) is 2.50. The van der Waals surface area contributed by atoms with Crippen molar-refractivity contribution in [2.75, 3.05) is 51.1 Å². The first kappa shape index (κ1) is 13.7. The van der Waals surface area contributed by atoms with Crippen molar-refractivity contribution in [3.63, 3.8) is 0 Å². The number of hydrogen-bond donors (Lipinski definition) is 1. The summed E-state index contributed by atoms with van der Waals surface area (Å²) in [6.07, 6.45) is 0.425. The van der Waals surface area contributed by atoms with Crippen molar-refractivity contribution in [1.82, 2.24) is 4.90 Å². The summed E-state index contributed by atoms with van der Waals surface area (Å²) in [4.78, 5) is 15.6. The lowest BCUT2D eigenvalue weighted by Gasteiger charge is -2.18. The Kier molecular flexibility index (Phi) is 4.27. The van der Waals surface area contributed by atoms with E-state index in [1.807, 2.05) is 32.3 Å². The van der Waals surface area contributed by atoms with Gasteiger partial charge in [-0.05, 0) is 32.3 Å². The lowest BCUT2D eigenvalue weighted by molar-refractivity contribution is -0.118. The van der Waals surface area contributed by atoms with Gasteiger partial charge in [-0.3, -0.25) is 4.79 Å². The Bertz CT molecular complexity index is 460. The van der Waals surface area contributed by atoms with E-state index in [1.54, 1.807) is 11.9 Å². The second kappa shape index (κ2) is 5.93. The van der Waals surface area contributed by atoms with E-state index >= 15 is 0 Å². The van der Waals surface area contributed by atoms with E-state index in [9.17, 15) is 4.79 Å². The van der Waals surface area contributed by atoms with Gasteiger partial charge in [0.05, 0.1) is 18.7 Å². The van der Waals surface area contributed by atoms with Gasteiger partial charge in [-0.15, -0.1) is 0 Å². The summed E-state index contributed by atoms with van der Waals surface area (Å²) in [7, 11) is 5.87. The molecule has 5 heteroatoms. The van der Waals surface area contributed by atoms with Crippen LogP contribution in [-0.4, -0.2) is 51.6 Å². The van der Waals surface area contributed by atoms with Crippen LogP contribution in [0.25, 0.3) is 0 Å². The Balaban J connectivity index is 2.12. The summed E-state index contributed by atoms with van der Waals surface area (Å²) in [6.45, 7) is 2.27. The van der Waals surface area contributed by atoms with E-state index in [0.717, 1.165) is 30.2 Å². The number of benzene rings is 1. The van der Waals surface area contributed by atoms with Crippen molar-refractivity contribution >= 4 is 17.3 Å². The maximum atomic E-state index is 11.8. The van der Waals surface area contributed by atoms with Crippen molar-refractivity contribution in [2.45, 2.75) is 6.42 Å². The minimum absolute atomic E-state index is 0.0872. The molecule has 1 aliphatic heterocycles. The van der Waals surface area contributed by atoms with Crippen LogP contribution in [0.5, 0.6) is 5.75 Å². The van der Waals surface area contributed by atoms with Crippen LogP contribution in [0.1, 0.15) is 6.42 Å². The number of nitrogens with one attached hydrogen (secondary N) is 1. The van der Waals surface area contributed by atoms with Crippen LogP contribution in [0.15, 0.2) is 18.2 Å². The van der Waals surface area contributed by atoms with Crippen LogP contribution in [0.3, 0.4) is 0 Å². The van der Waals surface area contributed by atoms with Crippen molar-refractivity contribution in [1.29, 1.82) is 0 Å². The minimum Gasteiger partial charge on any atom is -0.491 e. The van der Waals surface area contributed by atoms with Gasteiger partial charge >= 0.3 is 0 Å². The summed E-state index contributed by atoms with van der Waals surface area (Å²) in [6, 6.07) is 5.87. The number of ether oxygens (including phenoxy) is 1. The number of fused-ring (bicyclic) bond motifs is 1. The molecule has 19 heavy (non-hydrogen) atoms. The molecule has 0 spiro atoms. The molecular weight excluding hydrogens is 242 g/mol. The Morgan fingerprint density at radius 3 is 2.95 bits per heavy atom. The van der Waals surface area contributed by atoms with E-state index in [-0.39, 0.29) is 5.91 Å². The average molecular weight is 263 g/mol. The molecule has 0 aromatic heterocycles. The highest BCUT2D eigenvalue weighted by molar-refractivity contribution is 5.95. The van der Waals surface area contributed by atoms with Crippen LogP contribution in [0.2, 0.25) is 0 Å². The second-order valence-electron chi connectivity index (χ2n) is 4.96. The van der Waals surface area contributed by atoms with E-state index < -0.39 is 0 Å². The van der Waals surface area contributed by atoms with Crippen molar-refractivity contribution in [2.24, 2.45) is 0 Å². The molecule has 1 amide bonds. The molecule has 0 saturated carbocycles. The highest BCUT2D eigenvalue weighted by atomic mass is 16.5. The molecule has 0 saturated heterocycles. The maximum Gasteiger partial charge on any atom is 0.230 e. The zero-order valence-electron chi connectivity index (χ0n) is 11.8. The summed E-state index contributed by atoms with van der Waals surface area (Å²) < 4.78 is 5.59. The van der Waals surface area contributed by atoms with Crippen molar-refractivity contribution in [3.05, 3.63) is 18.2 Å². The van der Waals surface area contributed by atoms with Gasteiger partial charge in [0.15, 0.2) is 0 Å². The number of hydrogen-bond acceptors (Lipinski definition) is 4. The number of nitrogens with zero attached hydrogens (tertiary/aromatic N) is 2. The van der Waals surface area contributed by atoms with Gasteiger partial charge in [0.1, 0.15) is 5.75 Å². The highest BCUT2D eigenvalue weighted by Crippen LogP contribution is 2.33. The van der Waals surface area contributed by atoms with E-state index in [2.05, 4.69) is 10.2 Å². The van der Waals surface area contributed by atoms with E-state index in [4.69, 9.17) is 4.74 Å². The van der Waals surface area contributed by atoms with Crippen LogP contribution >= 0.6 is 0 Å². The van der Waals surface area contributed by atoms with Gasteiger partial charge in [0.25, 0.3) is 0 Å². The molecule has 1 aliphatic rings. The van der Waals surface area contributed by atoms with Gasteiger partial charge in [0, 0.05) is 25.8 Å². The zero-order chi connectivity index (χ0) is 13.8. The molecule has 1 heterocycles. The molecule has 0 fully saturated rings. The predicted octanol–water partition coefficient (Wildman–Crippen LogP) is 1.41. The molecule has 5 nitrogen and oxygen atoms in total. The fourth-order valence-corrected chi connectivity index (χ4v) is 1.99. The summed E-state index contributed by atoms with van der Waals surface area (Å²) in [5, 5.41) is 3.35. The largest absolute Gasteiger partial charge is 0.491 e. The smallest absolute Gasteiger partial charge is 0.230 e. The fourth-order valence-electron chi connectivity index (χ4n) is 1.99.